The van der Waals surface area contributed by atoms with Gasteiger partial charge in [-0.15, -0.1) is 0 Å². The van der Waals surface area contributed by atoms with Crippen LogP contribution in [0.5, 0.6) is 0 Å². The van der Waals surface area contributed by atoms with Crippen molar-refractivity contribution in [1.82, 2.24) is 4.90 Å². The summed E-state index contributed by atoms with van der Waals surface area (Å²) >= 11 is 0. The minimum atomic E-state index is -0.750. The van der Waals surface area contributed by atoms with E-state index < -0.39 is 11.4 Å². The predicted octanol–water partition coefficient (Wildman–Crippen LogP) is 3.93. The summed E-state index contributed by atoms with van der Waals surface area (Å²) in [6.07, 6.45) is 3.35. The van der Waals surface area contributed by atoms with E-state index in [0.717, 1.165) is 38.0 Å². The Morgan fingerprint density at radius 2 is 1.71 bits per heavy atom. The number of carboxylic acids is 1. The Morgan fingerprint density at radius 3 is 2.19 bits per heavy atom. The summed E-state index contributed by atoms with van der Waals surface area (Å²) in [7, 11) is 0. The van der Waals surface area contributed by atoms with Crippen molar-refractivity contribution < 1.29 is 9.90 Å². The van der Waals surface area contributed by atoms with Crippen LogP contribution in [0.15, 0.2) is 30.3 Å². The van der Waals surface area contributed by atoms with Crippen LogP contribution in [-0.4, -0.2) is 35.6 Å². The maximum Gasteiger partial charge on any atom is 0.314 e. The number of hydrogen-bond donors (Lipinski definition) is 1. The lowest BCUT2D eigenvalue weighted by Crippen LogP contribution is -2.40. The van der Waals surface area contributed by atoms with Gasteiger partial charge in [-0.05, 0) is 38.0 Å². The average molecular weight is 291 g/mol. The predicted molar refractivity (Wildman–Crippen MR) is 87.7 cm³/mol. The molecule has 0 bridgehead atoms. The van der Waals surface area contributed by atoms with Gasteiger partial charge in [0.2, 0.25) is 0 Å². The molecular weight excluding hydrogens is 262 g/mol. The zero-order valence-corrected chi connectivity index (χ0v) is 13.6. The third-order valence-electron chi connectivity index (χ3n) is 4.44. The molecule has 0 saturated carbocycles. The Kier molecular flexibility index (Phi) is 7.44. The summed E-state index contributed by atoms with van der Waals surface area (Å²) in [5.74, 6) is -0.686. The fourth-order valence-corrected chi connectivity index (χ4v) is 2.88. The normalized spacial score (nSPS) is 14.1. The Hall–Kier alpha value is -1.35. The lowest BCUT2D eigenvalue weighted by molar-refractivity contribution is -0.144. The summed E-state index contributed by atoms with van der Waals surface area (Å²) < 4.78 is 0. The molecule has 3 heteroatoms. The van der Waals surface area contributed by atoms with Crippen molar-refractivity contribution >= 4 is 5.97 Å². The number of unbranched alkanes of at least 4 members (excludes halogenated alkanes) is 1. The van der Waals surface area contributed by atoms with Crippen LogP contribution in [-0.2, 0) is 10.2 Å². The van der Waals surface area contributed by atoms with Crippen LogP contribution in [0, 0.1) is 0 Å². The molecule has 1 rings (SSSR count). The second-order valence-corrected chi connectivity index (χ2v) is 5.63. The first-order chi connectivity index (χ1) is 10.1. The Balaban J connectivity index is 3.04. The van der Waals surface area contributed by atoms with Crippen LogP contribution in [0.3, 0.4) is 0 Å². The molecule has 0 fully saturated rings. The quantitative estimate of drug-likeness (QED) is 0.710. The van der Waals surface area contributed by atoms with Gasteiger partial charge in [-0.1, -0.05) is 63.9 Å². The maximum absolute atomic E-state index is 12.1. The molecule has 118 valence electrons. The van der Waals surface area contributed by atoms with Crippen LogP contribution in [0.2, 0.25) is 0 Å². The lowest BCUT2D eigenvalue weighted by Gasteiger charge is -2.32. The molecule has 0 amide bonds. The molecule has 0 aromatic heterocycles. The number of benzene rings is 1. The van der Waals surface area contributed by atoms with Crippen molar-refractivity contribution in [3.63, 3.8) is 0 Å². The molecule has 1 N–H and O–H groups in total. The number of rotatable bonds is 10. The van der Waals surface area contributed by atoms with Gasteiger partial charge in [-0.25, -0.2) is 0 Å². The van der Waals surface area contributed by atoms with E-state index in [1.54, 1.807) is 0 Å². The van der Waals surface area contributed by atoms with Gasteiger partial charge in [-0.2, -0.15) is 0 Å². The van der Waals surface area contributed by atoms with Crippen molar-refractivity contribution in [3.8, 4) is 0 Å². The Morgan fingerprint density at radius 1 is 1.10 bits per heavy atom. The van der Waals surface area contributed by atoms with E-state index in [1.165, 1.54) is 0 Å². The molecule has 1 aromatic rings. The van der Waals surface area contributed by atoms with Crippen molar-refractivity contribution in [2.75, 3.05) is 19.6 Å². The number of nitrogens with zero attached hydrogens (tertiary/aromatic N) is 1. The first-order valence-corrected chi connectivity index (χ1v) is 8.12. The van der Waals surface area contributed by atoms with Crippen molar-refractivity contribution in [2.45, 2.75) is 51.9 Å². The third-order valence-corrected chi connectivity index (χ3v) is 4.44. The van der Waals surface area contributed by atoms with Gasteiger partial charge >= 0.3 is 5.97 Å². The Labute approximate surface area is 129 Å². The highest BCUT2D eigenvalue weighted by atomic mass is 16.4. The molecule has 21 heavy (non-hydrogen) atoms. The van der Waals surface area contributed by atoms with Crippen molar-refractivity contribution in [3.05, 3.63) is 35.9 Å². The fraction of sp³-hybridized carbons (Fsp3) is 0.611. The molecule has 1 aromatic carbocycles. The topological polar surface area (TPSA) is 40.5 Å². The summed E-state index contributed by atoms with van der Waals surface area (Å²) in [6.45, 7) is 9.13. The van der Waals surface area contributed by atoms with Gasteiger partial charge in [0, 0.05) is 0 Å². The number of carboxylic acid groups (broad SMARTS) is 1. The number of aliphatic carboxylic acids is 1. The lowest BCUT2D eigenvalue weighted by atomic mass is 9.73. The number of hydrogen-bond acceptors (Lipinski definition) is 2. The minimum absolute atomic E-state index is 0.675. The molecule has 0 heterocycles. The highest BCUT2D eigenvalue weighted by Crippen LogP contribution is 2.34. The van der Waals surface area contributed by atoms with E-state index in [1.807, 2.05) is 30.3 Å². The zero-order valence-electron chi connectivity index (χ0n) is 13.6. The molecule has 0 spiro atoms. The molecule has 0 aliphatic rings. The van der Waals surface area contributed by atoms with Crippen molar-refractivity contribution in [1.29, 1.82) is 0 Å². The second kappa shape index (κ2) is 8.83. The smallest absolute Gasteiger partial charge is 0.314 e. The Bertz CT molecular complexity index is 414. The minimum Gasteiger partial charge on any atom is -0.481 e. The summed E-state index contributed by atoms with van der Waals surface area (Å²) in [5.41, 5.74) is 0.193. The molecule has 0 aliphatic carbocycles. The van der Waals surface area contributed by atoms with Gasteiger partial charge in [0.05, 0.1) is 5.41 Å². The SMILES string of the molecule is CCCCC(CCN(CC)CC)(C(=O)O)c1ccccc1. The van der Waals surface area contributed by atoms with E-state index in [0.29, 0.717) is 12.8 Å². The van der Waals surface area contributed by atoms with Gasteiger partial charge < -0.3 is 10.0 Å². The van der Waals surface area contributed by atoms with E-state index in [2.05, 4.69) is 25.7 Å². The second-order valence-electron chi connectivity index (χ2n) is 5.63. The van der Waals surface area contributed by atoms with Crippen LogP contribution < -0.4 is 0 Å². The molecule has 0 saturated heterocycles. The molecular formula is C18H29NO2. The summed E-state index contributed by atoms with van der Waals surface area (Å²) in [6, 6.07) is 9.76. The van der Waals surface area contributed by atoms with E-state index in [4.69, 9.17) is 0 Å². The van der Waals surface area contributed by atoms with E-state index in [-0.39, 0.29) is 0 Å². The monoisotopic (exact) mass is 291 g/mol. The molecule has 3 nitrogen and oxygen atoms in total. The van der Waals surface area contributed by atoms with Gasteiger partial charge in [0.15, 0.2) is 0 Å². The third kappa shape index (κ3) is 4.57. The average Bonchev–Trinajstić information content (AvgIpc) is 2.52. The van der Waals surface area contributed by atoms with Gasteiger partial charge in [-0.3, -0.25) is 4.79 Å². The van der Waals surface area contributed by atoms with Gasteiger partial charge in [0.1, 0.15) is 0 Å². The molecule has 0 aliphatic heterocycles. The van der Waals surface area contributed by atoms with Crippen LogP contribution >= 0.6 is 0 Å². The van der Waals surface area contributed by atoms with Crippen LogP contribution in [0.1, 0.15) is 52.0 Å². The van der Waals surface area contributed by atoms with Crippen LogP contribution in [0.25, 0.3) is 0 Å². The van der Waals surface area contributed by atoms with E-state index >= 15 is 0 Å². The van der Waals surface area contributed by atoms with E-state index in [9.17, 15) is 9.90 Å². The summed E-state index contributed by atoms with van der Waals surface area (Å²) in [4.78, 5) is 14.4. The molecule has 1 atom stereocenters. The highest BCUT2D eigenvalue weighted by molar-refractivity contribution is 5.81. The van der Waals surface area contributed by atoms with Crippen LogP contribution in [0.4, 0.5) is 0 Å². The van der Waals surface area contributed by atoms with Crippen molar-refractivity contribution in [2.24, 2.45) is 0 Å². The standard InChI is InChI=1S/C18H29NO2/c1-4-7-13-18(17(20)21,14-15-19(5-2)6-3)16-11-9-8-10-12-16/h8-12H,4-7,13-15H2,1-3H3,(H,20,21). The highest BCUT2D eigenvalue weighted by Gasteiger charge is 2.39. The summed E-state index contributed by atoms with van der Waals surface area (Å²) in [5, 5.41) is 9.94. The molecule has 0 radical (unpaired) electrons. The maximum atomic E-state index is 12.1. The first-order valence-electron chi connectivity index (χ1n) is 8.12. The fourth-order valence-electron chi connectivity index (χ4n) is 2.88. The van der Waals surface area contributed by atoms with Gasteiger partial charge in [0.25, 0.3) is 0 Å². The largest absolute Gasteiger partial charge is 0.481 e. The molecule has 1 unspecified atom stereocenters. The zero-order chi connectivity index (χ0) is 15.7. The first kappa shape index (κ1) is 17.7. The number of carbonyl (C=O) groups is 1.